The molecule has 0 unspecified atom stereocenters. The van der Waals surface area contributed by atoms with Crippen LogP contribution in [-0.4, -0.2) is 63.4 Å². The Balaban J connectivity index is 1.43. The average Bonchev–Trinajstić information content (AvgIpc) is 3.32. The van der Waals surface area contributed by atoms with E-state index in [2.05, 4.69) is 20.2 Å². The molecule has 1 saturated carbocycles. The summed E-state index contributed by atoms with van der Waals surface area (Å²) in [6.45, 7) is -1.38. The van der Waals surface area contributed by atoms with E-state index in [1.54, 1.807) is 6.07 Å². The summed E-state index contributed by atoms with van der Waals surface area (Å²) in [6, 6.07) is 7.55. The molecule has 0 spiro atoms. The van der Waals surface area contributed by atoms with Crippen LogP contribution in [0.1, 0.15) is 17.8 Å². The van der Waals surface area contributed by atoms with E-state index < -0.39 is 36.6 Å². The molecule has 0 radical (unpaired) electrons. The number of aromatic nitrogens is 7. The lowest BCUT2D eigenvalue weighted by atomic mass is 10.1. The van der Waals surface area contributed by atoms with E-state index in [1.807, 2.05) is 0 Å². The first kappa shape index (κ1) is 26.7. The van der Waals surface area contributed by atoms with Crippen molar-refractivity contribution in [3.63, 3.8) is 0 Å². The lowest BCUT2D eigenvalue weighted by Gasteiger charge is -2.15. The number of aliphatic hydroxyl groups is 1. The Morgan fingerprint density at radius 1 is 1.18 bits per heavy atom. The fourth-order valence-electron chi connectivity index (χ4n) is 4.00. The number of Topliss-reactive ketones (excluding diaryl/α,β-unsaturated/α-hetero) is 1. The number of pyridine rings is 1. The summed E-state index contributed by atoms with van der Waals surface area (Å²) in [5.41, 5.74) is 0.364. The van der Waals surface area contributed by atoms with Crippen LogP contribution in [0.25, 0.3) is 17.1 Å². The molecule has 0 bridgehead atoms. The van der Waals surface area contributed by atoms with Crippen LogP contribution in [0.3, 0.4) is 0 Å². The molecule has 5 rings (SSSR count). The Kier molecular flexibility index (Phi) is 7.07. The summed E-state index contributed by atoms with van der Waals surface area (Å²) in [5.74, 6) is -0.861. The van der Waals surface area contributed by atoms with E-state index >= 15 is 0 Å². The summed E-state index contributed by atoms with van der Waals surface area (Å²) >= 11 is 5.90. The molecule has 3 atom stereocenters. The van der Waals surface area contributed by atoms with Crippen LogP contribution in [0.4, 0.5) is 17.6 Å². The van der Waals surface area contributed by atoms with Crippen molar-refractivity contribution >= 4 is 17.4 Å². The van der Waals surface area contributed by atoms with Gasteiger partial charge in [0, 0.05) is 23.2 Å². The molecule has 0 aliphatic heterocycles. The molecule has 1 aliphatic carbocycles. The van der Waals surface area contributed by atoms with Gasteiger partial charge in [-0.15, -0.1) is 10.2 Å². The topological polar surface area (TPSA) is 121 Å². The molecular formula is C24H20ClF4N7O3. The van der Waals surface area contributed by atoms with Gasteiger partial charge < -0.3 is 5.11 Å². The minimum atomic E-state index is -4.95. The summed E-state index contributed by atoms with van der Waals surface area (Å²) < 4.78 is 55.5. The molecule has 0 saturated heterocycles. The number of benzene rings is 1. The largest absolute Gasteiger partial charge is 0.416 e. The Labute approximate surface area is 222 Å². The van der Waals surface area contributed by atoms with Crippen LogP contribution in [-0.2, 0) is 24.3 Å². The summed E-state index contributed by atoms with van der Waals surface area (Å²) in [6.07, 6.45) is -4.40. The van der Waals surface area contributed by atoms with Crippen molar-refractivity contribution in [2.75, 3.05) is 0 Å². The van der Waals surface area contributed by atoms with E-state index in [4.69, 9.17) is 11.6 Å². The van der Waals surface area contributed by atoms with E-state index in [-0.39, 0.29) is 36.8 Å². The highest BCUT2D eigenvalue weighted by molar-refractivity contribution is 6.30. The first-order valence-electron chi connectivity index (χ1n) is 11.7. The summed E-state index contributed by atoms with van der Waals surface area (Å²) in [7, 11) is 0. The molecule has 3 aromatic heterocycles. The SMILES string of the molecule is O=C(Cc1ccncc1-n1cnc(Cn2nc(-c3ccc(Cl)cc3)n(C[C@H](O)C(F)(F)F)c2=O)n1)[C@H]1C[C@H]1F. The number of carbonyl (C=O) groups is 1. The van der Waals surface area contributed by atoms with Crippen molar-refractivity contribution in [1.29, 1.82) is 0 Å². The Morgan fingerprint density at radius 2 is 1.90 bits per heavy atom. The number of nitrogens with zero attached hydrogens (tertiary/aromatic N) is 7. The van der Waals surface area contributed by atoms with Crippen LogP contribution >= 0.6 is 11.6 Å². The van der Waals surface area contributed by atoms with Crippen molar-refractivity contribution in [2.45, 2.75) is 44.4 Å². The van der Waals surface area contributed by atoms with Crippen molar-refractivity contribution < 1.29 is 27.5 Å². The molecular weight excluding hydrogens is 546 g/mol. The van der Waals surface area contributed by atoms with Crippen LogP contribution in [0.5, 0.6) is 0 Å². The lowest BCUT2D eigenvalue weighted by Crippen LogP contribution is -2.37. The van der Waals surface area contributed by atoms with Crippen LogP contribution in [0.15, 0.2) is 53.8 Å². The molecule has 10 nitrogen and oxygen atoms in total. The smallest absolute Gasteiger partial charge is 0.382 e. The highest BCUT2D eigenvalue weighted by Crippen LogP contribution is 2.35. The maximum Gasteiger partial charge on any atom is 0.416 e. The molecule has 39 heavy (non-hydrogen) atoms. The fraction of sp³-hybridized carbons (Fsp3) is 0.333. The van der Waals surface area contributed by atoms with Crippen molar-refractivity contribution in [1.82, 2.24) is 34.1 Å². The first-order valence-corrected chi connectivity index (χ1v) is 12.1. The number of carbonyl (C=O) groups excluding carboxylic acids is 1. The van der Waals surface area contributed by atoms with Gasteiger partial charge in [0.05, 0.1) is 24.3 Å². The lowest BCUT2D eigenvalue weighted by molar-refractivity contribution is -0.207. The number of ketones is 1. The second-order valence-corrected chi connectivity index (χ2v) is 9.49. The number of hydrogen-bond acceptors (Lipinski definition) is 7. The van der Waals surface area contributed by atoms with Crippen molar-refractivity contribution in [2.24, 2.45) is 5.92 Å². The van der Waals surface area contributed by atoms with E-state index in [0.29, 0.717) is 21.8 Å². The minimum absolute atomic E-state index is 0.0199. The van der Waals surface area contributed by atoms with Crippen molar-refractivity contribution in [3.05, 3.63) is 75.9 Å². The molecule has 1 fully saturated rings. The molecule has 1 N–H and O–H groups in total. The average molecular weight is 566 g/mol. The first-order chi connectivity index (χ1) is 18.5. The number of alkyl halides is 4. The molecule has 1 aromatic carbocycles. The Morgan fingerprint density at radius 3 is 2.56 bits per heavy atom. The number of hydrogen-bond donors (Lipinski definition) is 1. The van der Waals surface area contributed by atoms with Gasteiger partial charge in [0.2, 0.25) is 0 Å². The summed E-state index contributed by atoms with van der Waals surface area (Å²) in [5, 5.41) is 18.5. The molecule has 0 amide bonds. The quantitative estimate of drug-likeness (QED) is 0.310. The van der Waals surface area contributed by atoms with Gasteiger partial charge in [-0.3, -0.25) is 14.3 Å². The van der Waals surface area contributed by atoms with E-state index in [9.17, 15) is 32.3 Å². The van der Waals surface area contributed by atoms with E-state index in [0.717, 1.165) is 9.25 Å². The zero-order valence-corrected chi connectivity index (χ0v) is 20.7. The number of halogens is 5. The highest BCUT2D eigenvalue weighted by Gasteiger charge is 2.43. The van der Waals surface area contributed by atoms with Gasteiger partial charge in [0.1, 0.15) is 24.8 Å². The van der Waals surface area contributed by atoms with Gasteiger partial charge in [0.25, 0.3) is 0 Å². The van der Waals surface area contributed by atoms with Crippen LogP contribution in [0.2, 0.25) is 5.02 Å². The maximum atomic E-state index is 13.3. The van der Waals surface area contributed by atoms with Gasteiger partial charge in [-0.2, -0.15) is 13.2 Å². The molecule has 204 valence electrons. The zero-order valence-electron chi connectivity index (χ0n) is 20.0. The number of rotatable bonds is 9. The second-order valence-electron chi connectivity index (χ2n) is 9.05. The predicted octanol–water partition coefficient (Wildman–Crippen LogP) is 2.78. The molecule has 4 aromatic rings. The van der Waals surface area contributed by atoms with Crippen molar-refractivity contribution in [3.8, 4) is 17.1 Å². The second kappa shape index (κ2) is 10.3. The molecule has 15 heteroatoms. The van der Waals surface area contributed by atoms with Crippen LogP contribution in [0, 0.1) is 5.92 Å². The zero-order chi connectivity index (χ0) is 27.9. The predicted molar refractivity (Wildman–Crippen MR) is 129 cm³/mol. The maximum absolute atomic E-state index is 13.3. The summed E-state index contributed by atoms with van der Waals surface area (Å²) in [4.78, 5) is 33.6. The molecule has 1 aliphatic rings. The van der Waals surface area contributed by atoms with E-state index in [1.165, 1.54) is 47.7 Å². The Hall–Kier alpha value is -3.91. The molecule has 3 heterocycles. The van der Waals surface area contributed by atoms with Crippen LogP contribution < -0.4 is 5.69 Å². The third-order valence-electron chi connectivity index (χ3n) is 6.21. The third kappa shape index (κ3) is 5.76. The number of aliphatic hydroxyl groups excluding tert-OH is 1. The fourth-order valence-corrected chi connectivity index (χ4v) is 4.13. The van der Waals surface area contributed by atoms with Gasteiger partial charge in [-0.25, -0.2) is 23.5 Å². The van der Waals surface area contributed by atoms with Gasteiger partial charge in [-0.1, -0.05) is 11.6 Å². The highest BCUT2D eigenvalue weighted by atomic mass is 35.5. The van der Waals surface area contributed by atoms with Gasteiger partial charge in [-0.05, 0) is 42.3 Å². The minimum Gasteiger partial charge on any atom is -0.382 e. The normalized spacial score (nSPS) is 17.8. The van der Waals surface area contributed by atoms with Gasteiger partial charge >= 0.3 is 11.9 Å². The van der Waals surface area contributed by atoms with Gasteiger partial charge in [0.15, 0.2) is 17.8 Å². The standard InChI is InChI=1S/C24H20ClF4N7O3/c25-15-3-1-13(2-4-15)22-33-35(23(39)34(22)10-20(38)24(27,28)29)11-21-31-12-36(32-21)18-9-30-6-5-14(18)7-19(37)16-8-17(16)26/h1-6,9,12,16-17,20,38H,7-8,10-11H2/t16-,17+,20-/m0/s1. The monoisotopic (exact) mass is 565 g/mol. The third-order valence-corrected chi connectivity index (χ3v) is 6.47. The Bertz CT molecular complexity index is 1560.